The van der Waals surface area contributed by atoms with Crippen LogP contribution in [0, 0.1) is 19.8 Å². The van der Waals surface area contributed by atoms with Gasteiger partial charge in [-0.25, -0.2) is 4.98 Å². The minimum absolute atomic E-state index is 0.323. The molecule has 128 valence electrons. The molecule has 0 bridgehead atoms. The lowest BCUT2D eigenvalue weighted by molar-refractivity contribution is -0.128. The van der Waals surface area contributed by atoms with Crippen LogP contribution in [0.5, 0.6) is 0 Å². The third-order valence-electron chi connectivity index (χ3n) is 5.27. The van der Waals surface area contributed by atoms with Crippen molar-refractivity contribution in [2.75, 3.05) is 18.4 Å². The number of hydrogen-bond donors (Lipinski definition) is 1. The van der Waals surface area contributed by atoms with Crippen molar-refractivity contribution in [2.24, 2.45) is 5.92 Å². The molecule has 0 unspecified atom stereocenters. The average molecular weight is 327 g/mol. The highest BCUT2D eigenvalue weighted by Gasteiger charge is 2.39. The van der Waals surface area contributed by atoms with Crippen LogP contribution in [-0.2, 0) is 11.2 Å². The largest absolute Gasteiger partial charge is 0.370 e. The molecule has 2 aromatic heterocycles. The first kappa shape index (κ1) is 15.4. The molecule has 6 nitrogen and oxygen atoms in total. The lowest BCUT2D eigenvalue weighted by atomic mass is 10.1. The van der Waals surface area contributed by atoms with Crippen molar-refractivity contribution >= 4 is 17.4 Å². The first-order chi connectivity index (χ1) is 11.6. The van der Waals surface area contributed by atoms with Crippen molar-refractivity contribution in [3.8, 4) is 0 Å². The van der Waals surface area contributed by atoms with Crippen molar-refractivity contribution in [3.05, 3.63) is 23.0 Å². The van der Waals surface area contributed by atoms with Gasteiger partial charge in [0, 0.05) is 48.8 Å². The highest BCUT2D eigenvalue weighted by atomic mass is 16.2. The van der Waals surface area contributed by atoms with Gasteiger partial charge in [0.15, 0.2) is 5.65 Å². The number of hydrogen-bond acceptors (Lipinski definition) is 4. The molecule has 6 heteroatoms. The van der Waals surface area contributed by atoms with Crippen molar-refractivity contribution < 1.29 is 4.79 Å². The van der Waals surface area contributed by atoms with Gasteiger partial charge in [-0.2, -0.15) is 9.61 Å². The monoisotopic (exact) mass is 327 g/mol. The second-order valence-electron chi connectivity index (χ2n) is 7.16. The molecule has 1 saturated carbocycles. The molecule has 3 heterocycles. The van der Waals surface area contributed by atoms with Crippen LogP contribution in [-0.4, -0.2) is 44.5 Å². The van der Waals surface area contributed by atoms with E-state index < -0.39 is 0 Å². The number of fused-ring (bicyclic) bond motifs is 1. The molecule has 0 spiro atoms. The second kappa shape index (κ2) is 5.76. The summed E-state index contributed by atoms with van der Waals surface area (Å²) in [6, 6.07) is 2.60. The van der Waals surface area contributed by atoms with Gasteiger partial charge in [-0.1, -0.05) is 6.92 Å². The zero-order chi connectivity index (χ0) is 16.8. The number of aromatic nitrogens is 3. The molecule has 24 heavy (non-hydrogen) atoms. The Morgan fingerprint density at radius 1 is 1.33 bits per heavy atom. The predicted octanol–water partition coefficient (Wildman–Crippen LogP) is 2.33. The standard InChI is InChI=1S/C18H25N5O/c1-4-14-8-16(23-18(20-14)11(2)12(3)21-23)19-9-13-7-17(24)22(10-13)15-5-6-15/h8,13,15,19H,4-7,9-10H2,1-3H3/t13-/m0/s1. The molecule has 2 aromatic rings. The SMILES string of the molecule is CCc1cc(NC[C@@H]2CC(=O)N(C3CC3)C2)n2nc(C)c(C)c2n1. The maximum Gasteiger partial charge on any atom is 0.223 e. The summed E-state index contributed by atoms with van der Waals surface area (Å²) in [7, 11) is 0. The summed E-state index contributed by atoms with van der Waals surface area (Å²) in [5.74, 6) is 1.68. The number of nitrogens with zero attached hydrogens (tertiary/aromatic N) is 4. The maximum absolute atomic E-state index is 12.1. The molecular weight excluding hydrogens is 302 g/mol. The van der Waals surface area contributed by atoms with E-state index in [9.17, 15) is 4.79 Å². The van der Waals surface area contributed by atoms with E-state index in [0.717, 1.165) is 47.9 Å². The molecule has 2 fully saturated rings. The quantitative estimate of drug-likeness (QED) is 0.915. The van der Waals surface area contributed by atoms with Crippen molar-refractivity contribution in [3.63, 3.8) is 0 Å². The molecule has 1 aliphatic carbocycles. The number of likely N-dealkylation sites (tertiary alicyclic amines) is 1. The van der Waals surface area contributed by atoms with Crippen LogP contribution in [0.25, 0.3) is 5.65 Å². The van der Waals surface area contributed by atoms with Crippen LogP contribution in [0.1, 0.15) is 43.1 Å². The van der Waals surface area contributed by atoms with Crippen LogP contribution in [0.2, 0.25) is 0 Å². The summed E-state index contributed by atoms with van der Waals surface area (Å²) in [6.07, 6.45) is 3.92. The Hall–Kier alpha value is -2.11. The van der Waals surface area contributed by atoms with Gasteiger partial charge in [0.2, 0.25) is 5.91 Å². The molecule has 1 saturated heterocycles. The van der Waals surface area contributed by atoms with E-state index in [-0.39, 0.29) is 0 Å². The Morgan fingerprint density at radius 3 is 2.83 bits per heavy atom. The van der Waals surface area contributed by atoms with Gasteiger partial charge in [-0.15, -0.1) is 0 Å². The Bertz CT molecular complexity index is 792. The van der Waals surface area contributed by atoms with Gasteiger partial charge in [0.05, 0.1) is 5.69 Å². The zero-order valence-electron chi connectivity index (χ0n) is 14.7. The van der Waals surface area contributed by atoms with Crippen molar-refractivity contribution in [2.45, 2.75) is 52.5 Å². The summed E-state index contributed by atoms with van der Waals surface area (Å²) in [6.45, 7) is 7.89. The lowest BCUT2D eigenvalue weighted by Crippen LogP contribution is -2.28. The number of carbonyl (C=O) groups excluding carboxylic acids is 1. The van der Waals surface area contributed by atoms with Crippen LogP contribution < -0.4 is 5.32 Å². The average Bonchev–Trinajstić information content (AvgIpc) is 3.29. The van der Waals surface area contributed by atoms with Crippen LogP contribution in [0.4, 0.5) is 5.82 Å². The summed E-state index contributed by atoms with van der Waals surface area (Å²) >= 11 is 0. The van der Waals surface area contributed by atoms with Gasteiger partial charge in [-0.3, -0.25) is 4.79 Å². The molecule has 0 radical (unpaired) electrons. The first-order valence-corrected chi connectivity index (χ1v) is 8.96. The topological polar surface area (TPSA) is 62.5 Å². The summed E-state index contributed by atoms with van der Waals surface area (Å²) in [5, 5.41) is 8.14. The number of nitrogens with one attached hydrogen (secondary N) is 1. The van der Waals surface area contributed by atoms with E-state index in [2.05, 4.69) is 35.2 Å². The van der Waals surface area contributed by atoms with E-state index >= 15 is 0 Å². The number of rotatable bonds is 5. The third-order valence-corrected chi connectivity index (χ3v) is 5.27. The van der Waals surface area contributed by atoms with Crippen LogP contribution >= 0.6 is 0 Å². The van der Waals surface area contributed by atoms with Crippen LogP contribution in [0.15, 0.2) is 6.07 Å². The van der Waals surface area contributed by atoms with E-state index in [1.807, 2.05) is 11.4 Å². The third kappa shape index (κ3) is 2.64. The summed E-state index contributed by atoms with van der Waals surface area (Å²) in [4.78, 5) is 18.9. The summed E-state index contributed by atoms with van der Waals surface area (Å²) < 4.78 is 1.90. The van der Waals surface area contributed by atoms with E-state index in [1.54, 1.807) is 0 Å². The number of carbonyl (C=O) groups is 1. The molecular formula is C18H25N5O. The molecule has 1 atom stereocenters. The van der Waals surface area contributed by atoms with Gasteiger partial charge in [0.1, 0.15) is 5.82 Å². The molecule has 4 rings (SSSR count). The number of aryl methyl sites for hydroxylation is 3. The van der Waals surface area contributed by atoms with Gasteiger partial charge >= 0.3 is 0 Å². The van der Waals surface area contributed by atoms with E-state index in [1.165, 1.54) is 12.8 Å². The fraction of sp³-hybridized carbons (Fsp3) is 0.611. The van der Waals surface area contributed by atoms with E-state index in [0.29, 0.717) is 24.3 Å². The van der Waals surface area contributed by atoms with Gasteiger partial charge in [0.25, 0.3) is 0 Å². The molecule has 0 aromatic carbocycles. The van der Waals surface area contributed by atoms with E-state index in [4.69, 9.17) is 4.98 Å². The lowest BCUT2D eigenvalue weighted by Gasteiger charge is -2.16. The number of anilines is 1. The highest BCUT2D eigenvalue weighted by Crippen LogP contribution is 2.32. The first-order valence-electron chi connectivity index (χ1n) is 8.96. The Kier molecular flexibility index (Phi) is 3.70. The minimum Gasteiger partial charge on any atom is -0.370 e. The minimum atomic E-state index is 0.323. The Balaban J connectivity index is 1.54. The van der Waals surface area contributed by atoms with Crippen molar-refractivity contribution in [1.29, 1.82) is 0 Å². The van der Waals surface area contributed by atoms with Gasteiger partial charge < -0.3 is 10.2 Å². The zero-order valence-corrected chi connectivity index (χ0v) is 14.7. The fourth-order valence-corrected chi connectivity index (χ4v) is 3.52. The summed E-state index contributed by atoms with van der Waals surface area (Å²) in [5.41, 5.74) is 4.13. The normalized spacial score (nSPS) is 21.0. The number of amides is 1. The smallest absolute Gasteiger partial charge is 0.223 e. The molecule has 1 amide bonds. The van der Waals surface area contributed by atoms with Crippen LogP contribution in [0.3, 0.4) is 0 Å². The Labute approximate surface area is 142 Å². The predicted molar refractivity (Wildman–Crippen MR) is 93.2 cm³/mol. The Morgan fingerprint density at radius 2 is 2.12 bits per heavy atom. The molecule has 2 aliphatic rings. The molecule has 1 N–H and O–H groups in total. The highest BCUT2D eigenvalue weighted by molar-refractivity contribution is 5.79. The fourth-order valence-electron chi connectivity index (χ4n) is 3.52. The second-order valence-corrected chi connectivity index (χ2v) is 7.16. The molecule has 1 aliphatic heterocycles. The van der Waals surface area contributed by atoms with Gasteiger partial charge in [-0.05, 0) is 33.1 Å². The van der Waals surface area contributed by atoms with Crippen molar-refractivity contribution in [1.82, 2.24) is 19.5 Å². The maximum atomic E-state index is 12.1.